The van der Waals surface area contributed by atoms with E-state index in [4.69, 9.17) is 4.74 Å². The monoisotopic (exact) mass is 341 g/mol. The van der Waals surface area contributed by atoms with Gasteiger partial charge in [0.2, 0.25) is 0 Å². The topological polar surface area (TPSA) is 55.4 Å². The molecule has 0 saturated heterocycles. The summed E-state index contributed by atoms with van der Waals surface area (Å²) in [4.78, 5) is 22.7. The number of amides is 1. The molecule has 0 aromatic heterocycles. The Morgan fingerprint density at radius 2 is 1.85 bits per heavy atom. The van der Waals surface area contributed by atoms with Crippen molar-refractivity contribution >= 4 is 27.8 Å². The van der Waals surface area contributed by atoms with Crippen LogP contribution in [0.25, 0.3) is 0 Å². The molecule has 5 heteroatoms. The van der Waals surface area contributed by atoms with Gasteiger partial charge in [-0.15, -0.1) is 0 Å². The number of benzene rings is 1. The number of carbonyl (C=O) groups excluding carboxylic acids is 2. The molecule has 0 aliphatic carbocycles. The number of alkyl halides is 1. The van der Waals surface area contributed by atoms with Gasteiger partial charge in [-0.3, -0.25) is 4.79 Å². The summed E-state index contributed by atoms with van der Waals surface area (Å²) >= 11 is 3.16. The molecule has 1 N–H and O–H groups in total. The van der Waals surface area contributed by atoms with E-state index in [9.17, 15) is 9.59 Å². The van der Waals surface area contributed by atoms with E-state index < -0.39 is 16.6 Å². The quantitative estimate of drug-likeness (QED) is 0.659. The predicted molar refractivity (Wildman–Crippen MR) is 81.9 cm³/mol. The largest absolute Gasteiger partial charge is 0.444 e. The predicted octanol–water partition coefficient (Wildman–Crippen LogP) is 3.43. The summed E-state index contributed by atoms with van der Waals surface area (Å²) in [5.41, 5.74) is 0.516. The molecule has 0 fully saturated rings. The summed E-state index contributed by atoms with van der Waals surface area (Å²) in [5, 5.41) is 2.48. The lowest BCUT2D eigenvalue weighted by Crippen LogP contribution is -2.40. The standard InChI is InChI=1S/C15H20BrNO3/c1-15(2,3)20-14(19)17-13(16)12(18)10-9-11-7-5-4-6-8-11/h4-8,13H,9-10H2,1-3H3,(H,17,19)/t13-/m1/s1. The van der Waals surface area contributed by atoms with Crippen molar-refractivity contribution in [1.82, 2.24) is 5.32 Å². The average molecular weight is 342 g/mol. The van der Waals surface area contributed by atoms with E-state index in [0.717, 1.165) is 5.56 Å². The van der Waals surface area contributed by atoms with Crippen LogP contribution in [0.1, 0.15) is 32.8 Å². The Bertz CT molecular complexity index is 454. The number of aryl methyl sites for hydroxylation is 1. The number of halogens is 1. The second kappa shape index (κ2) is 7.43. The lowest BCUT2D eigenvalue weighted by atomic mass is 10.1. The number of rotatable bonds is 5. The van der Waals surface area contributed by atoms with E-state index >= 15 is 0 Å². The molecule has 0 spiro atoms. The fourth-order valence-corrected chi connectivity index (χ4v) is 1.95. The van der Waals surface area contributed by atoms with Gasteiger partial charge in [0.05, 0.1) is 0 Å². The minimum absolute atomic E-state index is 0.0836. The van der Waals surface area contributed by atoms with Crippen molar-refractivity contribution in [2.24, 2.45) is 0 Å². The Morgan fingerprint density at radius 1 is 1.25 bits per heavy atom. The first-order chi connectivity index (χ1) is 9.28. The smallest absolute Gasteiger partial charge is 0.408 e. The number of hydrogen-bond donors (Lipinski definition) is 1. The summed E-state index contributed by atoms with van der Waals surface area (Å²) in [7, 11) is 0. The number of hydrogen-bond acceptors (Lipinski definition) is 3. The van der Waals surface area contributed by atoms with E-state index in [1.165, 1.54) is 0 Å². The molecule has 0 bridgehead atoms. The molecule has 0 heterocycles. The molecule has 1 atom stereocenters. The van der Waals surface area contributed by atoms with Crippen molar-refractivity contribution in [2.45, 2.75) is 44.2 Å². The summed E-state index contributed by atoms with van der Waals surface area (Å²) < 4.78 is 5.09. The maximum atomic E-state index is 11.9. The highest BCUT2D eigenvalue weighted by Crippen LogP contribution is 2.10. The number of Topliss-reactive ketones (excluding diaryl/α,β-unsaturated/α-hetero) is 1. The van der Waals surface area contributed by atoms with E-state index in [0.29, 0.717) is 12.8 Å². The number of ketones is 1. The highest BCUT2D eigenvalue weighted by molar-refractivity contribution is 9.10. The van der Waals surface area contributed by atoms with E-state index in [-0.39, 0.29) is 5.78 Å². The van der Waals surface area contributed by atoms with Crippen LogP contribution in [-0.4, -0.2) is 22.4 Å². The third-order valence-electron chi connectivity index (χ3n) is 2.43. The number of carbonyl (C=O) groups is 2. The molecular weight excluding hydrogens is 322 g/mol. The molecule has 0 aliphatic heterocycles. The van der Waals surface area contributed by atoms with Crippen LogP contribution < -0.4 is 5.32 Å². The third-order valence-corrected chi connectivity index (χ3v) is 3.17. The lowest BCUT2D eigenvalue weighted by molar-refractivity contribution is -0.118. The molecule has 0 radical (unpaired) electrons. The zero-order valence-corrected chi connectivity index (χ0v) is 13.6. The normalized spacial score (nSPS) is 12.6. The third kappa shape index (κ3) is 6.70. The minimum atomic E-state index is -0.721. The van der Waals surface area contributed by atoms with Gasteiger partial charge < -0.3 is 10.1 Å². The fraction of sp³-hybridized carbons (Fsp3) is 0.467. The van der Waals surface area contributed by atoms with Gasteiger partial charge in [0.25, 0.3) is 0 Å². The van der Waals surface area contributed by atoms with Gasteiger partial charge in [-0.25, -0.2) is 4.79 Å². The van der Waals surface area contributed by atoms with Crippen molar-refractivity contribution in [1.29, 1.82) is 0 Å². The van der Waals surface area contributed by atoms with Crippen LogP contribution in [0.4, 0.5) is 4.79 Å². The van der Waals surface area contributed by atoms with Crippen LogP contribution in [0, 0.1) is 0 Å². The molecule has 4 nitrogen and oxygen atoms in total. The van der Waals surface area contributed by atoms with Crippen LogP contribution in [0.5, 0.6) is 0 Å². The van der Waals surface area contributed by atoms with Crippen LogP contribution in [0.3, 0.4) is 0 Å². The van der Waals surface area contributed by atoms with E-state index in [1.54, 1.807) is 20.8 Å². The van der Waals surface area contributed by atoms with Gasteiger partial charge in [0, 0.05) is 6.42 Å². The molecule has 1 aromatic rings. The molecule has 1 rings (SSSR count). The Kier molecular flexibility index (Phi) is 6.20. The number of alkyl carbamates (subject to hydrolysis) is 1. The second-order valence-electron chi connectivity index (χ2n) is 5.46. The molecule has 20 heavy (non-hydrogen) atoms. The van der Waals surface area contributed by atoms with Crippen molar-refractivity contribution in [2.75, 3.05) is 0 Å². The van der Waals surface area contributed by atoms with Crippen molar-refractivity contribution < 1.29 is 14.3 Å². The molecule has 110 valence electrons. The maximum Gasteiger partial charge on any atom is 0.408 e. The highest BCUT2D eigenvalue weighted by Gasteiger charge is 2.21. The average Bonchev–Trinajstić information content (AvgIpc) is 2.34. The molecule has 1 amide bonds. The summed E-state index contributed by atoms with van der Waals surface area (Å²) in [6, 6.07) is 9.74. The number of nitrogens with one attached hydrogen (secondary N) is 1. The van der Waals surface area contributed by atoms with Crippen LogP contribution >= 0.6 is 15.9 Å². The zero-order chi connectivity index (χ0) is 15.2. The summed E-state index contributed by atoms with van der Waals surface area (Å²) in [5.74, 6) is -0.0836. The van der Waals surface area contributed by atoms with Crippen molar-refractivity contribution in [3.8, 4) is 0 Å². The Balaban J connectivity index is 2.38. The Labute approximate surface area is 128 Å². The molecule has 1 aromatic carbocycles. The van der Waals surface area contributed by atoms with E-state index in [2.05, 4.69) is 21.2 Å². The first-order valence-electron chi connectivity index (χ1n) is 6.48. The summed E-state index contributed by atoms with van der Waals surface area (Å²) in [6.07, 6.45) is 0.403. The van der Waals surface area contributed by atoms with Crippen molar-refractivity contribution in [3.63, 3.8) is 0 Å². The van der Waals surface area contributed by atoms with Gasteiger partial charge in [-0.2, -0.15) is 0 Å². The van der Waals surface area contributed by atoms with Gasteiger partial charge >= 0.3 is 6.09 Å². The highest BCUT2D eigenvalue weighted by atomic mass is 79.9. The first kappa shape index (κ1) is 16.7. The van der Waals surface area contributed by atoms with Crippen LogP contribution in [-0.2, 0) is 16.0 Å². The first-order valence-corrected chi connectivity index (χ1v) is 7.40. The van der Waals surface area contributed by atoms with Gasteiger partial charge in [-0.05, 0) is 32.8 Å². The van der Waals surface area contributed by atoms with Crippen LogP contribution in [0.2, 0.25) is 0 Å². The lowest BCUT2D eigenvalue weighted by Gasteiger charge is -2.21. The molecular formula is C15H20BrNO3. The maximum absolute atomic E-state index is 11.9. The second-order valence-corrected chi connectivity index (χ2v) is 6.38. The van der Waals surface area contributed by atoms with Gasteiger partial charge in [0.1, 0.15) is 10.6 Å². The van der Waals surface area contributed by atoms with Crippen molar-refractivity contribution in [3.05, 3.63) is 35.9 Å². The van der Waals surface area contributed by atoms with Crippen LogP contribution in [0.15, 0.2) is 30.3 Å². The fourth-order valence-electron chi connectivity index (χ4n) is 1.53. The SMILES string of the molecule is CC(C)(C)OC(=O)N[C@@H](Br)C(=O)CCc1ccccc1. The number of ether oxygens (including phenoxy) is 1. The molecule has 0 saturated carbocycles. The van der Waals surface area contributed by atoms with Gasteiger partial charge in [-0.1, -0.05) is 46.3 Å². The van der Waals surface area contributed by atoms with Gasteiger partial charge in [0.15, 0.2) is 5.78 Å². The Morgan fingerprint density at radius 3 is 2.40 bits per heavy atom. The summed E-state index contributed by atoms with van der Waals surface area (Å²) in [6.45, 7) is 5.31. The Hall–Kier alpha value is -1.36. The molecule has 0 unspecified atom stereocenters. The zero-order valence-electron chi connectivity index (χ0n) is 12.0. The molecule has 0 aliphatic rings. The minimum Gasteiger partial charge on any atom is -0.444 e. The van der Waals surface area contributed by atoms with E-state index in [1.807, 2.05) is 30.3 Å².